The standard InChI is InChI=1S/C13H22O2/c1-2-3-4-5-6-7-8-9-10-11-12-13(14)15/h1H,3-12H2,(H,14,15)/p-1. The Morgan fingerprint density at radius 1 is 0.933 bits per heavy atom. The Bertz CT molecular complexity index is 191. The van der Waals surface area contributed by atoms with Crippen molar-refractivity contribution in [2.24, 2.45) is 0 Å². The average Bonchev–Trinajstić information content (AvgIpc) is 2.20. The number of carboxylic acids is 1. The lowest BCUT2D eigenvalue weighted by Gasteiger charge is -2.02. The summed E-state index contributed by atoms with van der Waals surface area (Å²) in [6.07, 6.45) is 15.2. The summed E-state index contributed by atoms with van der Waals surface area (Å²) >= 11 is 0. The molecule has 0 radical (unpaired) electrons. The molecule has 0 bridgehead atoms. The van der Waals surface area contributed by atoms with Crippen LogP contribution in [0.15, 0.2) is 0 Å². The fourth-order valence-electron chi connectivity index (χ4n) is 1.56. The van der Waals surface area contributed by atoms with Crippen LogP contribution in [0, 0.1) is 12.3 Å². The van der Waals surface area contributed by atoms with Crippen LogP contribution in [0.2, 0.25) is 0 Å². The molecular formula is C13H21O2-. The van der Waals surface area contributed by atoms with Gasteiger partial charge in [0.05, 0.1) is 0 Å². The quantitative estimate of drug-likeness (QED) is 0.409. The van der Waals surface area contributed by atoms with Gasteiger partial charge in [0.2, 0.25) is 0 Å². The summed E-state index contributed by atoms with van der Waals surface area (Å²) in [5.74, 6) is 1.71. The van der Waals surface area contributed by atoms with Crippen LogP contribution in [0.3, 0.4) is 0 Å². The monoisotopic (exact) mass is 209 g/mol. The van der Waals surface area contributed by atoms with E-state index in [1.807, 2.05) is 0 Å². The van der Waals surface area contributed by atoms with Gasteiger partial charge in [0.25, 0.3) is 0 Å². The van der Waals surface area contributed by atoms with Crippen molar-refractivity contribution in [2.45, 2.75) is 64.2 Å². The maximum absolute atomic E-state index is 10.1. The van der Waals surface area contributed by atoms with Gasteiger partial charge in [0.15, 0.2) is 0 Å². The highest BCUT2D eigenvalue weighted by molar-refractivity contribution is 5.63. The van der Waals surface area contributed by atoms with E-state index in [4.69, 9.17) is 6.42 Å². The van der Waals surface area contributed by atoms with Crippen molar-refractivity contribution in [3.8, 4) is 12.3 Å². The number of aliphatic carboxylic acids is 1. The molecule has 0 saturated carbocycles. The predicted octanol–water partition coefficient (Wildman–Crippen LogP) is 2.27. The van der Waals surface area contributed by atoms with E-state index in [1.165, 1.54) is 25.7 Å². The Hall–Kier alpha value is -0.970. The smallest absolute Gasteiger partial charge is 0.0414 e. The van der Waals surface area contributed by atoms with Crippen molar-refractivity contribution in [3.05, 3.63) is 0 Å². The molecule has 0 atom stereocenters. The van der Waals surface area contributed by atoms with Crippen molar-refractivity contribution in [1.29, 1.82) is 0 Å². The van der Waals surface area contributed by atoms with Crippen molar-refractivity contribution in [1.82, 2.24) is 0 Å². The maximum Gasteiger partial charge on any atom is 0.0414 e. The van der Waals surface area contributed by atoms with Crippen LogP contribution in [-0.2, 0) is 4.79 Å². The molecule has 86 valence electrons. The van der Waals surface area contributed by atoms with Crippen molar-refractivity contribution in [2.75, 3.05) is 0 Å². The number of rotatable bonds is 10. The van der Waals surface area contributed by atoms with Gasteiger partial charge in [0.1, 0.15) is 0 Å². The van der Waals surface area contributed by atoms with E-state index in [9.17, 15) is 9.90 Å². The average molecular weight is 209 g/mol. The Kier molecular flexibility index (Phi) is 10.4. The second-order valence-corrected chi connectivity index (χ2v) is 3.90. The van der Waals surface area contributed by atoms with E-state index in [1.54, 1.807) is 0 Å². The van der Waals surface area contributed by atoms with Gasteiger partial charge in [-0.05, 0) is 19.3 Å². The van der Waals surface area contributed by atoms with Gasteiger partial charge in [-0.1, -0.05) is 38.5 Å². The molecule has 0 aromatic heterocycles. The normalized spacial score (nSPS) is 9.80. The second-order valence-electron chi connectivity index (χ2n) is 3.90. The lowest BCUT2D eigenvalue weighted by Crippen LogP contribution is -2.21. The predicted molar refractivity (Wildman–Crippen MR) is 60.0 cm³/mol. The minimum Gasteiger partial charge on any atom is -0.550 e. The lowest BCUT2D eigenvalue weighted by atomic mass is 10.1. The van der Waals surface area contributed by atoms with E-state index >= 15 is 0 Å². The molecule has 0 aromatic carbocycles. The van der Waals surface area contributed by atoms with Gasteiger partial charge < -0.3 is 9.90 Å². The molecule has 0 fully saturated rings. The summed E-state index contributed by atoms with van der Waals surface area (Å²) in [4.78, 5) is 10.1. The van der Waals surface area contributed by atoms with E-state index in [2.05, 4.69) is 5.92 Å². The highest BCUT2D eigenvalue weighted by Gasteiger charge is 1.92. The Morgan fingerprint density at radius 2 is 1.40 bits per heavy atom. The number of carbonyl (C=O) groups excluding carboxylic acids is 1. The summed E-state index contributed by atoms with van der Waals surface area (Å²) in [6, 6.07) is 0. The Balaban J connectivity index is 2.93. The maximum atomic E-state index is 10.1. The fourth-order valence-corrected chi connectivity index (χ4v) is 1.56. The zero-order chi connectivity index (χ0) is 11.4. The first-order valence-electron chi connectivity index (χ1n) is 5.90. The van der Waals surface area contributed by atoms with E-state index < -0.39 is 5.97 Å². The van der Waals surface area contributed by atoms with Gasteiger partial charge in [-0.25, -0.2) is 0 Å². The fraction of sp³-hybridized carbons (Fsp3) is 0.769. The molecule has 2 heteroatoms. The molecule has 15 heavy (non-hydrogen) atoms. The van der Waals surface area contributed by atoms with Crippen LogP contribution in [-0.4, -0.2) is 5.97 Å². The van der Waals surface area contributed by atoms with E-state index in [0.717, 1.165) is 32.1 Å². The SMILES string of the molecule is C#CCCCCCCCCCCC(=O)[O-]. The van der Waals surface area contributed by atoms with Crippen molar-refractivity contribution >= 4 is 5.97 Å². The molecule has 0 saturated heterocycles. The van der Waals surface area contributed by atoms with Crippen LogP contribution < -0.4 is 5.11 Å². The van der Waals surface area contributed by atoms with E-state index in [-0.39, 0.29) is 6.42 Å². The van der Waals surface area contributed by atoms with Gasteiger partial charge in [-0.3, -0.25) is 0 Å². The zero-order valence-corrected chi connectivity index (χ0v) is 9.46. The third-order valence-electron chi connectivity index (χ3n) is 2.45. The summed E-state index contributed by atoms with van der Waals surface area (Å²) in [5.41, 5.74) is 0. The summed E-state index contributed by atoms with van der Waals surface area (Å²) in [7, 11) is 0. The topological polar surface area (TPSA) is 40.1 Å². The van der Waals surface area contributed by atoms with Gasteiger partial charge in [-0.2, -0.15) is 0 Å². The van der Waals surface area contributed by atoms with Crippen LogP contribution in [0.1, 0.15) is 64.2 Å². The van der Waals surface area contributed by atoms with Crippen LogP contribution in [0.25, 0.3) is 0 Å². The Labute approximate surface area is 93.1 Å². The molecular weight excluding hydrogens is 188 g/mol. The van der Waals surface area contributed by atoms with Crippen LogP contribution in [0.5, 0.6) is 0 Å². The molecule has 0 heterocycles. The van der Waals surface area contributed by atoms with Gasteiger partial charge >= 0.3 is 0 Å². The molecule has 0 aromatic rings. The minimum atomic E-state index is -0.927. The molecule has 0 aliphatic carbocycles. The number of carbonyl (C=O) groups is 1. The molecule has 2 nitrogen and oxygen atoms in total. The van der Waals surface area contributed by atoms with Crippen LogP contribution >= 0.6 is 0 Å². The van der Waals surface area contributed by atoms with E-state index in [0.29, 0.717) is 0 Å². The molecule has 0 N–H and O–H groups in total. The first-order valence-corrected chi connectivity index (χ1v) is 5.90. The third kappa shape index (κ3) is 13.0. The minimum absolute atomic E-state index is 0.210. The first-order chi connectivity index (χ1) is 7.27. The number of hydrogen-bond acceptors (Lipinski definition) is 2. The Morgan fingerprint density at radius 3 is 1.87 bits per heavy atom. The summed E-state index contributed by atoms with van der Waals surface area (Å²) < 4.78 is 0. The summed E-state index contributed by atoms with van der Waals surface area (Å²) in [6.45, 7) is 0. The third-order valence-corrected chi connectivity index (χ3v) is 2.45. The molecule has 0 aliphatic rings. The first kappa shape index (κ1) is 14.0. The van der Waals surface area contributed by atoms with Gasteiger partial charge in [0, 0.05) is 12.4 Å². The number of carboxylic acid groups (broad SMARTS) is 1. The molecule has 0 aliphatic heterocycles. The molecule has 0 unspecified atom stereocenters. The highest BCUT2D eigenvalue weighted by Crippen LogP contribution is 2.10. The largest absolute Gasteiger partial charge is 0.550 e. The van der Waals surface area contributed by atoms with Crippen molar-refractivity contribution in [3.63, 3.8) is 0 Å². The molecule has 0 rings (SSSR count). The molecule has 0 spiro atoms. The number of unbranched alkanes of at least 4 members (excludes halogenated alkanes) is 8. The van der Waals surface area contributed by atoms with Crippen LogP contribution in [0.4, 0.5) is 0 Å². The number of hydrogen-bond donors (Lipinski definition) is 0. The number of terminal acetylenes is 1. The zero-order valence-electron chi connectivity index (χ0n) is 9.46. The summed E-state index contributed by atoms with van der Waals surface area (Å²) in [5, 5.41) is 10.1. The van der Waals surface area contributed by atoms with Crippen molar-refractivity contribution < 1.29 is 9.90 Å². The van der Waals surface area contributed by atoms with Gasteiger partial charge in [-0.15, -0.1) is 12.3 Å². The molecule has 0 amide bonds. The lowest BCUT2D eigenvalue weighted by molar-refractivity contribution is -0.305. The highest BCUT2D eigenvalue weighted by atomic mass is 16.4. The second kappa shape index (κ2) is 11.1.